The summed E-state index contributed by atoms with van der Waals surface area (Å²) in [6, 6.07) is 9.44. The molecule has 0 fully saturated rings. The highest BCUT2D eigenvalue weighted by Crippen LogP contribution is 2.45. The first kappa shape index (κ1) is 56.7. The van der Waals surface area contributed by atoms with Crippen LogP contribution < -0.4 is 18.9 Å². The Kier molecular flexibility index (Phi) is 23.1. The number of rotatable bonds is 26. The molecule has 0 N–H and O–H groups in total. The molecule has 11 heteroatoms. The van der Waals surface area contributed by atoms with E-state index in [1.165, 1.54) is 0 Å². The van der Waals surface area contributed by atoms with Gasteiger partial charge in [-0.15, -0.1) is 17.8 Å². The van der Waals surface area contributed by atoms with E-state index in [9.17, 15) is 0 Å². The standard InChI is InChI=1S/C53H86O9Si2/c1-21-23-25-39(9)47(61-64(36(3)4,37(5)6)38(7)8)32-43-31-45(56-16)34-49(58-18)50(43)52(54)60-46(26-24-22-2)41(11)51(62-63(19,20)53(12,13)14)40(10)29-30-59-35-42-27-28-44(55-15)33-48(42)57-17/h27-28,31,33-34,36-41,46-47,51H,25-26,29-30,32,35H2,1-20H3/t39-,40+,41+,46-,47+,51+/m0/s1. The second-order valence-electron chi connectivity index (χ2n) is 19.9. The van der Waals surface area contributed by atoms with Gasteiger partial charge in [0.25, 0.3) is 0 Å². The van der Waals surface area contributed by atoms with Crippen molar-refractivity contribution in [3.63, 3.8) is 0 Å². The lowest BCUT2D eigenvalue weighted by Gasteiger charge is -2.46. The van der Waals surface area contributed by atoms with E-state index < -0.39 is 28.7 Å². The maximum Gasteiger partial charge on any atom is 0.342 e. The van der Waals surface area contributed by atoms with Crippen molar-refractivity contribution in [1.82, 2.24) is 0 Å². The molecule has 0 bridgehead atoms. The predicted molar refractivity (Wildman–Crippen MR) is 268 cm³/mol. The fraction of sp³-hybridized carbons (Fsp3) is 0.679. The third kappa shape index (κ3) is 15.0. The monoisotopic (exact) mass is 923 g/mol. The molecule has 0 radical (unpaired) electrons. The number of hydrogen-bond donors (Lipinski definition) is 0. The number of carbonyl (C=O) groups is 1. The van der Waals surface area contributed by atoms with Crippen LogP contribution in [-0.2, 0) is 31.4 Å². The van der Waals surface area contributed by atoms with Gasteiger partial charge in [-0.1, -0.05) is 89.0 Å². The summed E-state index contributed by atoms with van der Waals surface area (Å²) < 4.78 is 50.6. The molecule has 0 heterocycles. The van der Waals surface area contributed by atoms with Crippen LogP contribution >= 0.6 is 0 Å². The van der Waals surface area contributed by atoms with E-state index in [2.05, 4.69) is 120 Å². The smallest absolute Gasteiger partial charge is 0.342 e. The molecule has 360 valence electrons. The van der Waals surface area contributed by atoms with Crippen molar-refractivity contribution in [2.24, 2.45) is 17.8 Å². The fourth-order valence-electron chi connectivity index (χ4n) is 8.75. The number of ether oxygens (including phenoxy) is 6. The van der Waals surface area contributed by atoms with Gasteiger partial charge in [-0.05, 0) is 97.0 Å². The van der Waals surface area contributed by atoms with E-state index in [1.807, 2.05) is 38.1 Å². The molecule has 0 saturated carbocycles. The zero-order chi connectivity index (χ0) is 48.6. The van der Waals surface area contributed by atoms with E-state index >= 15 is 4.79 Å². The van der Waals surface area contributed by atoms with Crippen LogP contribution in [0.3, 0.4) is 0 Å². The van der Waals surface area contributed by atoms with Gasteiger partial charge in [0.1, 0.15) is 34.7 Å². The predicted octanol–water partition coefficient (Wildman–Crippen LogP) is 13.1. The molecule has 0 saturated heterocycles. The van der Waals surface area contributed by atoms with Gasteiger partial charge >= 0.3 is 5.97 Å². The van der Waals surface area contributed by atoms with Crippen LogP contribution in [0, 0.1) is 41.4 Å². The van der Waals surface area contributed by atoms with E-state index in [0.29, 0.717) is 66.2 Å². The maximum absolute atomic E-state index is 15.0. The molecular weight excluding hydrogens is 837 g/mol. The van der Waals surface area contributed by atoms with Crippen molar-refractivity contribution in [1.29, 1.82) is 0 Å². The summed E-state index contributed by atoms with van der Waals surface area (Å²) >= 11 is 0. The molecular formula is C53H86O9Si2. The third-order valence-electron chi connectivity index (χ3n) is 13.6. The average Bonchev–Trinajstić information content (AvgIpc) is 3.24. The van der Waals surface area contributed by atoms with E-state index in [4.69, 9.17) is 37.3 Å². The van der Waals surface area contributed by atoms with Crippen molar-refractivity contribution in [2.75, 3.05) is 35.0 Å². The van der Waals surface area contributed by atoms with Crippen LogP contribution in [0.15, 0.2) is 30.3 Å². The van der Waals surface area contributed by atoms with Crippen LogP contribution in [0.1, 0.15) is 138 Å². The number of hydrogen-bond acceptors (Lipinski definition) is 9. The van der Waals surface area contributed by atoms with Crippen molar-refractivity contribution in [2.45, 2.75) is 182 Å². The number of carbonyl (C=O) groups excluding carboxylic acids is 1. The number of benzene rings is 2. The van der Waals surface area contributed by atoms with E-state index in [0.717, 1.165) is 29.0 Å². The fourth-order valence-corrected chi connectivity index (χ4v) is 15.9. The van der Waals surface area contributed by atoms with Crippen molar-refractivity contribution in [3.8, 4) is 46.7 Å². The minimum absolute atomic E-state index is 0.0491. The minimum atomic E-state index is -2.36. The molecule has 0 aliphatic carbocycles. The van der Waals surface area contributed by atoms with Gasteiger partial charge in [0.2, 0.25) is 8.32 Å². The Bertz CT molecular complexity index is 1860. The van der Waals surface area contributed by atoms with Crippen LogP contribution in [0.25, 0.3) is 0 Å². The molecule has 2 aromatic rings. The molecule has 0 aliphatic rings. The zero-order valence-electron chi connectivity index (χ0n) is 43.5. The molecule has 0 spiro atoms. The Hall–Kier alpha value is -3.46. The van der Waals surface area contributed by atoms with Crippen LogP contribution in [0.2, 0.25) is 34.8 Å². The number of methoxy groups -OCH3 is 4. The first-order chi connectivity index (χ1) is 30.0. The topological polar surface area (TPSA) is 90.9 Å². The summed E-state index contributed by atoms with van der Waals surface area (Å²) in [6.45, 7) is 36.2. The van der Waals surface area contributed by atoms with Gasteiger partial charge < -0.3 is 37.3 Å². The average molecular weight is 923 g/mol. The van der Waals surface area contributed by atoms with Crippen molar-refractivity contribution in [3.05, 3.63) is 47.0 Å². The molecule has 2 rings (SSSR count). The molecule has 0 aliphatic heterocycles. The Morgan fingerprint density at radius 3 is 1.75 bits per heavy atom. The summed E-state index contributed by atoms with van der Waals surface area (Å²) in [4.78, 5) is 15.0. The highest BCUT2D eigenvalue weighted by Gasteiger charge is 2.48. The summed E-state index contributed by atoms with van der Waals surface area (Å²) in [7, 11) is 1.83. The van der Waals surface area contributed by atoms with Gasteiger partial charge in [0.05, 0.1) is 47.3 Å². The Morgan fingerprint density at radius 1 is 0.672 bits per heavy atom. The zero-order valence-corrected chi connectivity index (χ0v) is 45.5. The Balaban J connectivity index is 2.67. The second-order valence-corrected chi connectivity index (χ2v) is 30.1. The molecule has 0 aromatic heterocycles. The first-order valence-corrected chi connectivity index (χ1v) is 28.4. The van der Waals surface area contributed by atoms with Crippen LogP contribution in [0.5, 0.6) is 23.0 Å². The maximum atomic E-state index is 15.0. The van der Waals surface area contributed by atoms with Gasteiger partial charge in [-0.25, -0.2) is 4.79 Å². The summed E-state index contributed by atoms with van der Waals surface area (Å²) in [5.74, 6) is 14.6. The SMILES string of the molecule is CC#CC[C@H](OC(=O)c1c(C[C@@H](O[Si](C(C)C)(C(C)C)C(C)C)[C@@H](C)CC#CC)cc(OC)cc1OC)[C@@H](C)[C@H](O[Si](C)(C)C(C)(C)C)[C@H](C)CCOCc1ccc(OC)cc1OC. The summed E-state index contributed by atoms with van der Waals surface area (Å²) in [5.41, 5.74) is 3.19. The normalized spacial score (nSPS) is 15.0. The summed E-state index contributed by atoms with van der Waals surface area (Å²) in [5, 5.41) is -0.0491. The molecule has 0 unspecified atom stereocenters. The molecule has 6 atom stereocenters. The second kappa shape index (κ2) is 26.0. The van der Waals surface area contributed by atoms with Crippen LogP contribution in [-0.4, -0.2) is 76.0 Å². The Labute approximate surface area is 392 Å². The lowest BCUT2D eigenvalue weighted by atomic mass is 9.86. The highest BCUT2D eigenvalue weighted by molar-refractivity contribution is 6.77. The molecule has 2 aromatic carbocycles. The lowest BCUT2D eigenvalue weighted by Crippen LogP contribution is -2.51. The highest BCUT2D eigenvalue weighted by atomic mass is 28.4. The van der Waals surface area contributed by atoms with E-state index in [-0.39, 0.29) is 35.0 Å². The molecule has 64 heavy (non-hydrogen) atoms. The van der Waals surface area contributed by atoms with Crippen LogP contribution in [0.4, 0.5) is 0 Å². The minimum Gasteiger partial charge on any atom is -0.497 e. The molecule has 9 nitrogen and oxygen atoms in total. The number of esters is 1. The van der Waals surface area contributed by atoms with Gasteiger partial charge in [-0.2, -0.15) is 0 Å². The Morgan fingerprint density at radius 2 is 1.23 bits per heavy atom. The van der Waals surface area contributed by atoms with E-state index in [1.54, 1.807) is 34.5 Å². The summed E-state index contributed by atoms with van der Waals surface area (Å²) in [6.07, 6.45) is 1.14. The largest absolute Gasteiger partial charge is 0.497 e. The third-order valence-corrected chi connectivity index (χ3v) is 24.2. The lowest BCUT2D eigenvalue weighted by molar-refractivity contribution is -0.0273. The first-order valence-electron chi connectivity index (χ1n) is 23.4. The van der Waals surface area contributed by atoms with Crippen molar-refractivity contribution >= 4 is 22.6 Å². The quantitative estimate of drug-likeness (QED) is 0.0396. The van der Waals surface area contributed by atoms with Gasteiger partial charge in [0.15, 0.2) is 8.32 Å². The van der Waals surface area contributed by atoms with Gasteiger partial charge in [0, 0.05) is 43.1 Å². The van der Waals surface area contributed by atoms with Gasteiger partial charge in [-0.3, -0.25) is 0 Å². The molecule has 0 amide bonds. The van der Waals surface area contributed by atoms with Crippen molar-refractivity contribution < 1.29 is 42.1 Å².